The summed E-state index contributed by atoms with van der Waals surface area (Å²) >= 11 is 0. The second-order valence-electron chi connectivity index (χ2n) is 13.6. The molecule has 3 heterocycles. The van der Waals surface area contributed by atoms with E-state index in [1.54, 1.807) is 0 Å². The summed E-state index contributed by atoms with van der Waals surface area (Å²) in [5.41, 5.74) is 12.6. The van der Waals surface area contributed by atoms with Gasteiger partial charge in [0.2, 0.25) is 5.89 Å². The summed E-state index contributed by atoms with van der Waals surface area (Å²) in [5, 5.41) is 4.32. The third kappa shape index (κ3) is 4.76. The third-order valence-electron chi connectivity index (χ3n) is 10.4. The van der Waals surface area contributed by atoms with Gasteiger partial charge in [0.25, 0.3) is 0 Å². The quantitative estimate of drug-likeness (QED) is 0.174. The second kappa shape index (κ2) is 12.1. The lowest BCUT2D eigenvalue weighted by molar-refractivity contribution is 0.619. The number of oxazole rings is 1. The summed E-state index contributed by atoms with van der Waals surface area (Å²) in [6.45, 7) is 0. The van der Waals surface area contributed by atoms with Gasteiger partial charge in [0.1, 0.15) is 11.1 Å². The summed E-state index contributed by atoms with van der Waals surface area (Å²) < 4.78 is 15.5. The lowest BCUT2D eigenvalue weighted by atomic mass is 10.0. The van der Waals surface area contributed by atoms with Crippen molar-refractivity contribution in [3.8, 4) is 28.3 Å². The molecule has 254 valence electrons. The Hall–Kier alpha value is -7.37. The topological polar surface area (TPSA) is 47.3 Å². The normalized spacial score (nSPS) is 11.7. The average molecular weight is 694 g/mol. The van der Waals surface area contributed by atoms with Crippen molar-refractivity contribution < 1.29 is 8.83 Å². The Balaban J connectivity index is 1.18. The highest BCUT2D eigenvalue weighted by Crippen LogP contribution is 2.46. The van der Waals surface area contributed by atoms with Crippen molar-refractivity contribution in [3.63, 3.8) is 0 Å². The molecule has 0 bridgehead atoms. The van der Waals surface area contributed by atoms with Gasteiger partial charge in [0.05, 0.1) is 22.1 Å². The van der Waals surface area contributed by atoms with Gasteiger partial charge < -0.3 is 18.3 Å². The maximum atomic E-state index is 6.85. The summed E-state index contributed by atoms with van der Waals surface area (Å²) in [7, 11) is 0. The van der Waals surface area contributed by atoms with Gasteiger partial charge in [0.15, 0.2) is 11.2 Å². The lowest BCUT2D eigenvalue weighted by Crippen LogP contribution is -2.10. The van der Waals surface area contributed by atoms with E-state index in [1.807, 2.05) is 42.5 Å². The fourth-order valence-electron chi connectivity index (χ4n) is 7.98. The molecule has 5 nitrogen and oxygen atoms in total. The van der Waals surface area contributed by atoms with E-state index in [9.17, 15) is 0 Å². The van der Waals surface area contributed by atoms with Crippen LogP contribution in [0.5, 0.6) is 0 Å². The fourth-order valence-corrected chi connectivity index (χ4v) is 7.98. The van der Waals surface area contributed by atoms with Crippen molar-refractivity contribution in [2.45, 2.75) is 0 Å². The van der Waals surface area contributed by atoms with E-state index >= 15 is 0 Å². The summed E-state index contributed by atoms with van der Waals surface area (Å²) in [4.78, 5) is 7.34. The fraction of sp³-hybridized carbons (Fsp3) is 0. The Morgan fingerprint density at radius 3 is 1.93 bits per heavy atom. The van der Waals surface area contributed by atoms with Gasteiger partial charge in [-0.3, -0.25) is 0 Å². The number of fused-ring (bicyclic) bond motifs is 8. The van der Waals surface area contributed by atoms with Gasteiger partial charge in [-0.1, -0.05) is 115 Å². The molecule has 0 aliphatic heterocycles. The van der Waals surface area contributed by atoms with Crippen LogP contribution in [0, 0.1) is 0 Å². The molecule has 0 aliphatic rings. The number of hydrogen-bond acceptors (Lipinski definition) is 4. The van der Waals surface area contributed by atoms with E-state index in [2.05, 4.69) is 155 Å². The third-order valence-corrected chi connectivity index (χ3v) is 10.4. The van der Waals surface area contributed by atoms with Gasteiger partial charge in [-0.25, -0.2) is 4.98 Å². The number of anilines is 3. The zero-order chi connectivity index (χ0) is 35.6. The molecule has 0 aliphatic carbocycles. The maximum absolute atomic E-state index is 6.85. The van der Waals surface area contributed by atoms with Crippen LogP contribution in [0.25, 0.3) is 83.1 Å². The summed E-state index contributed by atoms with van der Waals surface area (Å²) in [5.74, 6) is 0.588. The van der Waals surface area contributed by atoms with Gasteiger partial charge in [-0.05, 0) is 83.9 Å². The van der Waals surface area contributed by atoms with Crippen LogP contribution < -0.4 is 4.90 Å². The molecule has 0 fully saturated rings. The SMILES string of the molecule is c1ccc(-c2cccc(N(c3ccc4c5ccccc5n(-c5ccccc5)c4c3)c3cccc4c3oc3ccc5oc(-c6ccccc6)nc5c34)c2)cc1. The highest BCUT2D eigenvalue weighted by molar-refractivity contribution is 6.19. The Bertz CT molecular complexity index is 3160. The molecule has 11 rings (SSSR count). The van der Waals surface area contributed by atoms with Gasteiger partial charge in [-0.15, -0.1) is 0 Å². The summed E-state index contributed by atoms with van der Waals surface area (Å²) in [6.07, 6.45) is 0. The highest BCUT2D eigenvalue weighted by atomic mass is 16.4. The minimum absolute atomic E-state index is 0.588. The van der Waals surface area contributed by atoms with Crippen molar-refractivity contribution in [1.29, 1.82) is 0 Å². The molecule has 0 spiro atoms. The maximum Gasteiger partial charge on any atom is 0.227 e. The Labute approximate surface area is 310 Å². The van der Waals surface area contributed by atoms with Gasteiger partial charge >= 0.3 is 0 Å². The molecular formula is C49H31N3O2. The number of furan rings is 1. The van der Waals surface area contributed by atoms with Crippen molar-refractivity contribution in [2.75, 3.05) is 4.90 Å². The molecule has 3 aromatic heterocycles. The first kappa shape index (κ1) is 30.3. The molecule has 0 atom stereocenters. The van der Waals surface area contributed by atoms with Crippen LogP contribution >= 0.6 is 0 Å². The lowest BCUT2D eigenvalue weighted by Gasteiger charge is -2.26. The number of benzene rings is 8. The van der Waals surface area contributed by atoms with Crippen LogP contribution in [0.3, 0.4) is 0 Å². The number of hydrogen-bond donors (Lipinski definition) is 0. The van der Waals surface area contributed by atoms with E-state index in [1.165, 1.54) is 16.3 Å². The predicted octanol–water partition coefficient (Wildman–Crippen LogP) is 13.6. The molecule has 54 heavy (non-hydrogen) atoms. The highest BCUT2D eigenvalue weighted by Gasteiger charge is 2.23. The first-order chi connectivity index (χ1) is 26.8. The van der Waals surface area contributed by atoms with Crippen LogP contribution in [0.15, 0.2) is 197 Å². The molecule has 8 aromatic carbocycles. The number of para-hydroxylation sites is 3. The van der Waals surface area contributed by atoms with E-state index < -0.39 is 0 Å². The van der Waals surface area contributed by atoms with Crippen LogP contribution in [0.2, 0.25) is 0 Å². The number of aromatic nitrogens is 2. The zero-order valence-electron chi connectivity index (χ0n) is 29.1. The molecule has 11 aromatic rings. The number of nitrogens with zero attached hydrogens (tertiary/aromatic N) is 3. The van der Waals surface area contributed by atoms with Crippen molar-refractivity contribution in [3.05, 3.63) is 188 Å². The smallest absolute Gasteiger partial charge is 0.227 e. The average Bonchev–Trinajstić information content (AvgIpc) is 3.94. The van der Waals surface area contributed by atoms with Crippen molar-refractivity contribution in [2.24, 2.45) is 0 Å². The van der Waals surface area contributed by atoms with Crippen molar-refractivity contribution >= 4 is 71.9 Å². The van der Waals surface area contributed by atoms with Gasteiger partial charge in [0, 0.05) is 38.8 Å². The molecule has 0 unspecified atom stereocenters. The minimum atomic E-state index is 0.588. The zero-order valence-corrected chi connectivity index (χ0v) is 29.1. The van der Waals surface area contributed by atoms with Crippen LogP contribution in [0.1, 0.15) is 0 Å². The molecule has 0 N–H and O–H groups in total. The van der Waals surface area contributed by atoms with Crippen LogP contribution in [-0.2, 0) is 0 Å². The molecule has 0 amide bonds. The monoisotopic (exact) mass is 693 g/mol. The number of rotatable bonds is 6. The minimum Gasteiger partial charge on any atom is -0.454 e. The van der Waals surface area contributed by atoms with E-state index in [0.29, 0.717) is 5.89 Å². The first-order valence-electron chi connectivity index (χ1n) is 18.1. The van der Waals surface area contributed by atoms with E-state index in [4.69, 9.17) is 13.8 Å². The largest absolute Gasteiger partial charge is 0.454 e. The van der Waals surface area contributed by atoms with E-state index in [-0.39, 0.29) is 0 Å². The first-order valence-corrected chi connectivity index (χ1v) is 18.1. The molecular weight excluding hydrogens is 663 g/mol. The molecule has 0 radical (unpaired) electrons. The molecule has 0 saturated carbocycles. The summed E-state index contributed by atoms with van der Waals surface area (Å²) in [6, 6.07) is 65.6. The Morgan fingerprint density at radius 2 is 1.09 bits per heavy atom. The van der Waals surface area contributed by atoms with Crippen LogP contribution in [-0.4, -0.2) is 9.55 Å². The Kier molecular flexibility index (Phi) is 6.79. The standard InChI is InChI=1S/C49H31N3O2/c1-4-14-32(15-5-1)34-18-12-21-36(30-34)51(37-26-27-39-38-22-10-11-24-41(38)52(43(39)31-37)35-19-8-3-9-20-35)42-25-13-23-40-46-44(53-48(40)42)28-29-45-47(46)50-49(54-45)33-16-6-2-7-17-33/h1-31H. The second-order valence-corrected chi connectivity index (χ2v) is 13.6. The van der Waals surface area contributed by atoms with Gasteiger partial charge in [-0.2, -0.15) is 0 Å². The van der Waals surface area contributed by atoms with Crippen molar-refractivity contribution in [1.82, 2.24) is 9.55 Å². The Morgan fingerprint density at radius 1 is 0.444 bits per heavy atom. The molecule has 5 heteroatoms. The van der Waals surface area contributed by atoms with Crippen LogP contribution in [0.4, 0.5) is 17.1 Å². The molecule has 0 saturated heterocycles. The predicted molar refractivity (Wildman–Crippen MR) is 221 cm³/mol. The van der Waals surface area contributed by atoms with E-state index in [0.717, 1.165) is 78.0 Å².